The third kappa shape index (κ3) is 5.57. The molecule has 9 heteroatoms. The second kappa shape index (κ2) is 11.4. The Balaban J connectivity index is 1.59. The number of carbonyl (C=O) groups is 1. The second-order valence-corrected chi connectivity index (χ2v) is 10.3. The zero-order chi connectivity index (χ0) is 27.5. The molecular weight excluding hydrogens is 539 g/mol. The highest BCUT2D eigenvalue weighted by molar-refractivity contribution is 7.07. The molecule has 0 aliphatic carbocycles. The topological polar surface area (TPSA) is 69.9 Å². The van der Waals surface area contributed by atoms with E-state index in [0.717, 1.165) is 5.56 Å². The minimum atomic E-state index is -0.808. The van der Waals surface area contributed by atoms with Gasteiger partial charge in [0, 0.05) is 10.6 Å². The van der Waals surface area contributed by atoms with Gasteiger partial charge in [-0.25, -0.2) is 14.2 Å². The highest BCUT2D eigenvalue weighted by Gasteiger charge is 2.33. The van der Waals surface area contributed by atoms with Gasteiger partial charge >= 0.3 is 5.97 Å². The number of benzene rings is 3. The molecule has 0 N–H and O–H groups in total. The number of halogens is 2. The Morgan fingerprint density at radius 3 is 2.64 bits per heavy atom. The van der Waals surface area contributed by atoms with E-state index in [1.165, 1.54) is 28.0 Å². The lowest BCUT2D eigenvalue weighted by molar-refractivity contribution is -0.139. The van der Waals surface area contributed by atoms with E-state index in [1.807, 2.05) is 42.5 Å². The lowest BCUT2D eigenvalue weighted by atomic mass is 9.96. The van der Waals surface area contributed by atoms with Crippen molar-refractivity contribution in [2.45, 2.75) is 26.5 Å². The van der Waals surface area contributed by atoms with Gasteiger partial charge in [-0.1, -0.05) is 65.4 Å². The van der Waals surface area contributed by atoms with Gasteiger partial charge in [0.05, 0.1) is 28.5 Å². The van der Waals surface area contributed by atoms with Crippen LogP contribution in [-0.4, -0.2) is 17.1 Å². The molecule has 1 atom stereocenters. The summed E-state index contributed by atoms with van der Waals surface area (Å²) in [5.41, 5.74) is 2.56. The maximum absolute atomic E-state index is 13.8. The van der Waals surface area contributed by atoms with Gasteiger partial charge in [0.1, 0.15) is 18.2 Å². The molecule has 39 heavy (non-hydrogen) atoms. The maximum Gasteiger partial charge on any atom is 0.338 e. The number of nitrogens with zero attached hydrogens (tertiary/aromatic N) is 2. The van der Waals surface area contributed by atoms with Gasteiger partial charge in [0.2, 0.25) is 0 Å². The Kier molecular flexibility index (Phi) is 7.77. The number of allylic oxidation sites excluding steroid dienone is 1. The van der Waals surface area contributed by atoms with Crippen LogP contribution in [0.15, 0.2) is 93.9 Å². The minimum absolute atomic E-state index is 0.169. The van der Waals surface area contributed by atoms with E-state index in [-0.39, 0.29) is 17.7 Å². The standard InChI is InChI=1S/C30H24ClFN2O4S/c1-3-37-29(36)26-18(2)33-30-34(27(26)20-11-13-23(32)14-12-20)28(35)25(39-30)16-21-8-4-5-10-24(21)38-17-19-7-6-9-22(31)15-19/h4-16,27H,3,17H2,1-2H3/b25-16-. The molecule has 0 bridgehead atoms. The van der Waals surface area contributed by atoms with Crippen LogP contribution < -0.4 is 19.6 Å². The molecule has 0 radical (unpaired) electrons. The van der Waals surface area contributed by atoms with Gasteiger partial charge in [-0.15, -0.1) is 0 Å². The summed E-state index contributed by atoms with van der Waals surface area (Å²) in [5, 5.41) is 0.624. The fraction of sp³-hybridized carbons (Fsp3) is 0.167. The number of aromatic nitrogens is 1. The molecule has 3 aromatic carbocycles. The summed E-state index contributed by atoms with van der Waals surface area (Å²) >= 11 is 7.31. The smallest absolute Gasteiger partial charge is 0.338 e. The average Bonchev–Trinajstić information content (AvgIpc) is 3.22. The SMILES string of the molecule is CCOC(=O)C1=C(C)N=c2s/c(=C\c3ccccc3OCc3cccc(Cl)c3)c(=O)n2C1c1ccc(F)cc1. The van der Waals surface area contributed by atoms with Crippen LogP contribution in [0.2, 0.25) is 5.02 Å². The van der Waals surface area contributed by atoms with Crippen LogP contribution in [0.4, 0.5) is 4.39 Å². The monoisotopic (exact) mass is 562 g/mol. The van der Waals surface area contributed by atoms with Crippen LogP contribution >= 0.6 is 22.9 Å². The van der Waals surface area contributed by atoms with Crippen LogP contribution in [0.25, 0.3) is 6.08 Å². The zero-order valence-electron chi connectivity index (χ0n) is 21.2. The van der Waals surface area contributed by atoms with Crippen LogP contribution in [0.1, 0.15) is 36.6 Å². The largest absolute Gasteiger partial charge is 0.488 e. The number of rotatable bonds is 7. The number of para-hydroxylation sites is 1. The van der Waals surface area contributed by atoms with Gasteiger partial charge < -0.3 is 9.47 Å². The lowest BCUT2D eigenvalue weighted by Gasteiger charge is -2.24. The van der Waals surface area contributed by atoms with Gasteiger partial charge in [-0.05, 0) is 61.4 Å². The van der Waals surface area contributed by atoms with Gasteiger partial charge in [-0.3, -0.25) is 9.36 Å². The van der Waals surface area contributed by atoms with Crippen molar-refractivity contribution in [1.29, 1.82) is 0 Å². The highest BCUT2D eigenvalue weighted by atomic mass is 35.5. The van der Waals surface area contributed by atoms with E-state index in [9.17, 15) is 14.0 Å². The van der Waals surface area contributed by atoms with E-state index >= 15 is 0 Å². The second-order valence-electron chi connectivity index (χ2n) is 8.81. The van der Waals surface area contributed by atoms with Crippen LogP contribution in [-0.2, 0) is 16.1 Å². The molecular formula is C30H24ClFN2O4S. The summed E-state index contributed by atoms with van der Waals surface area (Å²) in [4.78, 5) is 31.8. The van der Waals surface area contributed by atoms with E-state index in [0.29, 0.717) is 43.5 Å². The van der Waals surface area contributed by atoms with Crippen LogP contribution in [0.5, 0.6) is 5.75 Å². The van der Waals surface area contributed by atoms with Crippen molar-refractivity contribution in [1.82, 2.24) is 4.57 Å². The van der Waals surface area contributed by atoms with Crippen molar-refractivity contribution in [2.24, 2.45) is 4.99 Å². The van der Waals surface area contributed by atoms with Gasteiger partial charge in [0.25, 0.3) is 5.56 Å². The molecule has 1 aliphatic rings. The Morgan fingerprint density at radius 2 is 1.90 bits per heavy atom. The van der Waals surface area contributed by atoms with Crippen molar-refractivity contribution >= 4 is 35.0 Å². The molecule has 0 fully saturated rings. The lowest BCUT2D eigenvalue weighted by Crippen LogP contribution is -2.39. The van der Waals surface area contributed by atoms with E-state index in [4.69, 9.17) is 21.1 Å². The number of hydrogen-bond donors (Lipinski definition) is 0. The fourth-order valence-electron chi connectivity index (χ4n) is 4.41. The molecule has 0 saturated carbocycles. The predicted octanol–water partition coefficient (Wildman–Crippen LogP) is 5.17. The Bertz CT molecular complexity index is 1760. The molecule has 4 aromatic rings. The van der Waals surface area contributed by atoms with Gasteiger partial charge in [0.15, 0.2) is 4.80 Å². The first-order valence-electron chi connectivity index (χ1n) is 12.3. The van der Waals surface area contributed by atoms with Crippen molar-refractivity contribution in [3.8, 4) is 5.75 Å². The van der Waals surface area contributed by atoms with Crippen LogP contribution in [0.3, 0.4) is 0 Å². The first-order valence-corrected chi connectivity index (χ1v) is 13.5. The molecule has 6 nitrogen and oxygen atoms in total. The highest BCUT2D eigenvalue weighted by Crippen LogP contribution is 2.31. The average molecular weight is 563 g/mol. The van der Waals surface area contributed by atoms with E-state index in [1.54, 1.807) is 38.1 Å². The molecule has 1 aromatic heterocycles. The van der Waals surface area contributed by atoms with Crippen molar-refractivity contribution in [2.75, 3.05) is 6.61 Å². The number of thiazole rings is 1. The van der Waals surface area contributed by atoms with Crippen molar-refractivity contribution in [3.63, 3.8) is 0 Å². The Morgan fingerprint density at radius 1 is 1.13 bits per heavy atom. The Hall–Kier alpha value is -4.01. The number of fused-ring (bicyclic) bond motifs is 1. The predicted molar refractivity (Wildman–Crippen MR) is 149 cm³/mol. The third-order valence-electron chi connectivity index (χ3n) is 6.19. The molecule has 5 rings (SSSR count). The first kappa shape index (κ1) is 26.6. The number of carbonyl (C=O) groups excluding carboxylic acids is 1. The summed E-state index contributed by atoms with van der Waals surface area (Å²) in [6.45, 7) is 3.89. The molecule has 198 valence electrons. The van der Waals surface area contributed by atoms with Crippen molar-refractivity contribution < 1.29 is 18.7 Å². The Labute approximate surface area is 232 Å². The van der Waals surface area contributed by atoms with E-state index in [2.05, 4.69) is 4.99 Å². The quantitative estimate of drug-likeness (QED) is 0.291. The number of hydrogen-bond acceptors (Lipinski definition) is 6. The summed E-state index contributed by atoms with van der Waals surface area (Å²) < 4.78 is 27.0. The summed E-state index contributed by atoms with van der Waals surface area (Å²) in [6.07, 6.45) is 1.75. The number of ether oxygens (including phenoxy) is 2. The molecule has 0 saturated heterocycles. The van der Waals surface area contributed by atoms with Crippen LogP contribution in [0, 0.1) is 5.82 Å². The van der Waals surface area contributed by atoms with E-state index < -0.39 is 17.8 Å². The summed E-state index contributed by atoms with van der Waals surface area (Å²) in [7, 11) is 0. The molecule has 1 aliphatic heterocycles. The molecule has 0 amide bonds. The summed E-state index contributed by atoms with van der Waals surface area (Å²) in [6, 6.07) is 19.7. The third-order valence-corrected chi connectivity index (χ3v) is 7.41. The summed E-state index contributed by atoms with van der Waals surface area (Å²) in [5.74, 6) is -0.386. The minimum Gasteiger partial charge on any atom is -0.488 e. The van der Waals surface area contributed by atoms with Gasteiger partial charge in [-0.2, -0.15) is 0 Å². The molecule has 1 unspecified atom stereocenters. The normalized spacial score (nSPS) is 15.1. The first-order chi connectivity index (χ1) is 18.9. The zero-order valence-corrected chi connectivity index (χ0v) is 22.8. The maximum atomic E-state index is 13.8. The molecule has 2 heterocycles. The van der Waals surface area contributed by atoms with Crippen molar-refractivity contribution in [3.05, 3.63) is 131 Å². The molecule has 0 spiro atoms. The number of esters is 1. The fourth-order valence-corrected chi connectivity index (χ4v) is 5.66.